The third kappa shape index (κ3) is 2.05. The van der Waals surface area contributed by atoms with Crippen LogP contribution >= 0.6 is 0 Å². The van der Waals surface area contributed by atoms with Gasteiger partial charge in [0.25, 0.3) is 0 Å². The summed E-state index contributed by atoms with van der Waals surface area (Å²) >= 11 is 0. The van der Waals surface area contributed by atoms with Crippen LogP contribution in [0.5, 0.6) is 0 Å². The first kappa shape index (κ1) is 13.1. The van der Waals surface area contributed by atoms with Crippen LogP contribution in [-0.4, -0.2) is 0 Å². The van der Waals surface area contributed by atoms with Gasteiger partial charge in [-0.3, -0.25) is 0 Å². The van der Waals surface area contributed by atoms with E-state index in [4.69, 9.17) is 0 Å². The summed E-state index contributed by atoms with van der Waals surface area (Å²) < 4.78 is 0. The molecule has 1 atom stereocenters. The minimum Gasteiger partial charge on any atom is -0.0620 e. The number of hydrogen-bond acceptors (Lipinski definition) is 0. The van der Waals surface area contributed by atoms with Crippen molar-refractivity contribution in [2.45, 2.75) is 25.2 Å². The van der Waals surface area contributed by atoms with Crippen molar-refractivity contribution < 1.29 is 0 Å². The maximum atomic E-state index is 3.67. The summed E-state index contributed by atoms with van der Waals surface area (Å²) in [5, 5.41) is 0. The molecule has 3 aromatic rings. The van der Waals surface area contributed by atoms with Gasteiger partial charge < -0.3 is 0 Å². The molecule has 0 heteroatoms. The average molecular weight is 294 g/mol. The van der Waals surface area contributed by atoms with Gasteiger partial charge in [0.15, 0.2) is 0 Å². The van der Waals surface area contributed by atoms with Gasteiger partial charge in [0.05, 0.1) is 6.42 Å². The van der Waals surface area contributed by atoms with Gasteiger partial charge in [-0.1, -0.05) is 66.7 Å². The van der Waals surface area contributed by atoms with Gasteiger partial charge in [-0.25, -0.2) is 0 Å². The van der Waals surface area contributed by atoms with Gasteiger partial charge >= 0.3 is 0 Å². The van der Waals surface area contributed by atoms with Crippen LogP contribution in [0.4, 0.5) is 0 Å². The Kier molecular flexibility index (Phi) is 2.91. The van der Waals surface area contributed by atoms with Crippen LogP contribution in [0.25, 0.3) is 11.1 Å². The van der Waals surface area contributed by atoms with Crippen molar-refractivity contribution >= 4 is 0 Å². The molecule has 0 aromatic heterocycles. The van der Waals surface area contributed by atoms with Gasteiger partial charge in [0.1, 0.15) is 0 Å². The lowest BCUT2D eigenvalue weighted by Crippen LogP contribution is -2.13. The summed E-state index contributed by atoms with van der Waals surface area (Å²) in [6.07, 6.45) is 7.26. The lowest BCUT2D eigenvalue weighted by Gasteiger charge is -2.26. The molecule has 5 rings (SSSR count). The van der Waals surface area contributed by atoms with Crippen molar-refractivity contribution in [2.24, 2.45) is 0 Å². The molecule has 2 aliphatic rings. The fourth-order valence-corrected chi connectivity index (χ4v) is 4.20. The van der Waals surface area contributed by atoms with Crippen LogP contribution in [-0.2, 0) is 12.8 Å². The molecule has 23 heavy (non-hydrogen) atoms. The first-order valence-electron chi connectivity index (χ1n) is 8.46. The summed E-state index contributed by atoms with van der Waals surface area (Å²) in [6.45, 7) is 0. The smallest absolute Gasteiger partial charge is 0.0517 e. The molecule has 0 nitrogen and oxygen atoms in total. The Morgan fingerprint density at radius 2 is 1.52 bits per heavy atom. The molecule has 0 N–H and O–H groups in total. The topological polar surface area (TPSA) is 0 Å². The molecule has 110 valence electrons. The Labute approximate surface area is 137 Å². The first-order chi connectivity index (χ1) is 11.4. The van der Waals surface area contributed by atoms with E-state index >= 15 is 0 Å². The molecule has 0 heterocycles. The molecule has 0 aliphatic heterocycles. The van der Waals surface area contributed by atoms with Gasteiger partial charge in [-0.2, -0.15) is 0 Å². The Balaban J connectivity index is 1.57. The van der Waals surface area contributed by atoms with Gasteiger partial charge in [0.2, 0.25) is 0 Å². The molecule has 0 saturated carbocycles. The molecule has 1 unspecified atom stereocenters. The van der Waals surface area contributed by atoms with Crippen LogP contribution in [0, 0.1) is 6.42 Å². The number of rotatable bonds is 1. The van der Waals surface area contributed by atoms with Crippen LogP contribution in [0.3, 0.4) is 0 Å². The second-order valence-electron chi connectivity index (χ2n) is 6.65. The van der Waals surface area contributed by atoms with Crippen LogP contribution < -0.4 is 0 Å². The predicted molar refractivity (Wildman–Crippen MR) is 94.5 cm³/mol. The molecular weight excluding hydrogens is 276 g/mol. The molecule has 0 fully saturated rings. The van der Waals surface area contributed by atoms with E-state index in [2.05, 4.69) is 73.2 Å². The Hall–Kier alpha value is -2.34. The summed E-state index contributed by atoms with van der Waals surface area (Å²) in [5.41, 5.74) is 9.80. The SMILES string of the molecule is [C]1c2ccccc2-c2cccc(C3CCc4ccccc4C3)c21. The van der Waals surface area contributed by atoms with E-state index in [1.165, 1.54) is 51.8 Å². The Morgan fingerprint density at radius 3 is 2.48 bits per heavy atom. The molecule has 2 radical (unpaired) electrons. The molecule has 0 amide bonds. The molecular formula is C23H18. The fraction of sp³-hybridized carbons (Fsp3) is 0.174. The number of benzene rings is 3. The highest BCUT2D eigenvalue weighted by Crippen LogP contribution is 2.43. The van der Waals surface area contributed by atoms with Gasteiger partial charge in [0, 0.05) is 0 Å². The normalized spacial score (nSPS) is 18.2. The van der Waals surface area contributed by atoms with Gasteiger partial charge in [-0.15, -0.1) is 0 Å². The molecule has 0 spiro atoms. The second-order valence-corrected chi connectivity index (χ2v) is 6.65. The van der Waals surface area contributed by atoms with E-state index < -0.39 is 0 Å². The van der Waals surface area contributed by atoms with Crippen LogP contribution in [0.2, 0.25) is 0 Å². The minimum absolute atomic E-state index is 0.613. The maximum Gasteiger partial charge on any atom is 0.0517 e. The maximum absolute atomic E-state index is 3.67. The summed E-state index contributed by atoms with van der Waals surface area (Å²) in [5.74, 6) is 0.613. The van der Waals surface area contributed by atoms with Crippen molar-refractivity contribution in [2.75, 3.05) is 0 Å². The zero-order chi connectivity index (χ0) is 15.2. The largest absolute Gasteiger partial charge is 0.0620 e. The second kappa shape index (κ2) is 5.09. The van der Waals surface area contributed by atoms with Crippen molar-refractivity contribution in [1.82, 2.24) is 0 Å². The van der Waals surface area contributed by atoms with Crippen molar-refractivity contribution in [3.8, 4) is 11.1 Å². The monoisotopic (exact) mass is 294 g/mol. The zero-order valence-electron chi connectivity index (χ0n) is 13.0. The highest BCUT2D eigenvalue weighted by molar-refractivity contribution is 5.82. The highest BCUT2D eigenvalue weighted by atomic mass is 14.3. The Morgan fingerprint density at radius 1 is 0.739 bits per heavy atom. The van der Waals surface area contributed by atoms with E-state index in [0.29, 0.717) is 5.92 Å². The standard InChI is InChI=1S/C23H18/c1-2-7-17-14-19(13-12-16(17)6-1)21-10-5-11-22-20-9-4-3-8-18(20)15-23(21)22/h1-11,19H,12-14H2. The lowest BCUT2D eigenvalue weighted by molar-refractivity contribution is 0.583. The van der Waals surface area contributed by atoms with E-state index in [1.54, 1.807) is 0 Å². The molecule has 2 aliphatic carbocycles. The van der Waals surface area contributed by atoms with Crippen LogP contribution in [0.1, 0.15) is 40.2 Å². The third-order valence-corrected chi connectivity index (χ3v) is 5.36. The molecule has 0 bridgehead atoms. The van der Waals surface area contributed by atoms with E-state index in [0.717, 1.165) is 6.42 Å². The minimum atomic E-state index is 0.613. The third-order valence-electron chi connectivity index (χ3n) is 5.36. The zero-order valence-corrected chi connectivity index (χ0v) is 13.0. The summed E-state index contributed by atoms with van der Waals surface area (Å²) in [6, 6.07) is 24.3. The predicted octanol–water partition coefficient (Wildman–Crippen LogP) is 5.42. The summed E-state index contributed by atoms with van der Waals surface area (Å²) in [4.78, 5) is 0. The highest BCUT2D eigenvalue weighted by Gasteiger charge is 2.27. The number of fused-ring (bicyclic) bond motifs is 4. The summed E-state index contributed by atoms with van der Waals surface area (Å²) in [7, 11) is 0. The lowest BCUT2D eigenvalue weighted by atomic mass is 9.78. The first-order valence-corrected chi connectivity index (χ1v) is 8.46. The Bertz CT molecular complexity index is 888. The molecule has 0 saturated heterocycles. The number of hydrogen-bond donors (Lipinski definition) is 0. The average Bonchev–Trinajstić information content (AvgIpc) is 3.00. The van der Waals surface area contributed by atoms with Crippen molar-refractivity contribution in [3.05, 3.63) is 101 Å². The van der Waals surface area contributed by atoms with Crippen molar-refractivity contribution in [1.29, 1.82) is 0 Å². The fourth-order valence-electron chi connectivity index (χ4n) is 4.20. The van der Waals surface area contributed by atoms with Crippen LogP contribution in [0.15, 0.2) is 66.7 Å². The van der Waals surface area contributed by atoms with E-state index in [1.807, 2.05) is 0 Å². The van der Waals surface area contributed by atoms with E-state index in [-0.39, 0.29) is 0 Å². The number of aryl methyl sites for hydroxylation is 1. The van der Waals surface area contributed by atoms with Crippen molar-refractivity contribution in [3.63, 3.8) is 0 Å². The molecule has 3 aromatic carbocycles. The van der Waals surface area contributed by atoms with E-state index in [9.17, 15) is 0 Å². The van der Waals surface area contributed by atoms with Gasteiger partial charge in [-0.05, 0) is 64.1 Å². The quantitative estimate of drug-likeness (QED) is 0.440.